The van der Waals surface area contributed by atoms with Crippen LogP contribution in [-0.2, 0) is 0 Å². The van der Waals surface area contributed by atoms with E-state index in [0.717, 1.165) is 19.3 Å². The van der Waals surface area contributed by atoms with Crippen molar-refractivity contribution in [2.24, 2.45) is 0 Å². The van der Waals surface area contributed by atoms with Crippen LogP contribution >= 0.6 is 0 Å². The quantitative estimate of drug-likeness (QED) is 0.864. The van der Waals surface area contributed by atoms with Gasteiger partial charge in [-0.15, -0.1) is 5.10 Å². The molecule has 0 atom stereocenters. The number of fused-ring (bicyclic) bond motifs is 1. The predicted molar refractivity (Wildman–Crippen MR) is 57.3 cm³/mol. The summed E-state index contributed by atoms with van der Waals surface area (Å²) in [6.07, 6.45) is 3.17. The fourth-order valence-electron chi connectivity index (χ4n) is 2.04. The first-order chi connectivity index (χ1) is 8.18. The molecule has 1 aromatic carbocycles. The number of halogens is 1. The van der Waals surface area contributed by atoms with Crippen LogP contribution in [0.2, 0.25) is 0 Å². The van der Waals surface area contributed by atoms with Gasteiger partial charge >= 0.3 is 5.97 Å². The average molecular weight is 235 g/mol. The zero-order valence-corrected chi connectivity index (χ0v) is 8.93. The van der Waals surface area contributed by atoms with Crippen molar-refractivity contribution in [2.75, 3.05) is 0 Å². The molecule has 1 N–H and O–H groups in total. The van der Waals surface area contributed by atoms with Crippen LogP contribution in [0.15, 0.2) is 12.1 Å². The van der Waals surface area contributed by atoms with Crippen LogP contribution in [0.4, 0.5) is 4.39 Å². The van der Waals surface area contributed by atoms with Crippen molar-refractivity contribution in [3.63, 3.8) is 0 Å². The second-order valence-corrected chi connectivity index (χ2v) is 4.22. The standard InChI is InChI=1S/C11H10FN3O2/c12-9-7(11(16)17)4-5-8-10(9)13-14-15(8)6-2-1-3-6/h4-6H,1-3H2,(H,16,17). The summed E-state index contributed by atoms with van der Waals surface area (Å²) in [6, 6.07) is 3.11. The van der Waals surface area contributed by atoms with E-state index in [4.69, 9.17) is 5.11 Å². The lowest BCUT2D eigenvalue weighted by Gasteiger charge is -2.25. The van der Waals surface area contributed by atoms with E-state index in [0.29, 0.717) is 5.52 Å². The molecule has 3 rings (SSSR count). The van der Waals surface area contributed by atoms with Crippen molar-refractivity contribution in [3.05, 3.63) is 23.5 Å². The predicted octanol–water partition coefficient (Wildman–Crippen LogP) is 1.99. The summed E-state index contributed by atoms with van der Waals surface area (Å²) in [5, 5.41) is 16.5. The fourth-order valence-corrected chi connectivity index (χ4v) is 2.04. The van der Waals surface area contributed by atoms with Gasteiger partial charge in [0.15, 0.2) is 5.82 Å². The Morgan fingerprint density at radius 3 is 2.82 bits per heavy atom. The van der Waals surface area contributed by atoms with Crippen molar-refractivity contribution in [1.29, 1.82) is 0 Å². The van der Waals surface area contributed by atoms with Crippen LogP contribution in [0.1, 0.15) is 35.7 Å². The van der Waals surface area contributed by atoms with Gasteiger partial charge in [-0.1, -0.05) is 5.21 Å². The van der Waals surface area contributed by atoms with Crippen molar-refractivity contribution in [2.45, 2.75) is 25.3 Å². The first-order valence-electron chi connectivity index (χ1n) is 5.45. The van der Waals surface area contributed by atoms with E-state index < -0.39 is 11.8 Å². The number of carboxylic acids is 1. The number of aromatic nitrogens is 3. The number of aromatic carboxylic acids is 1. The van der Waals surface area contributed by atoms with Crippen molar-refractivity contribution in [1.82, 2.24) is 15.0 Å². The summed E-state index contributed by atoms with van der Waals surface area (Å²) >= 11 is 0. The lowest BCUT2D eigenvalue weighted by Crippen LogP contribution is -2.18. The Hall–Kier alpha value is -1.98. The molecule has 88 valence electrons. The second kappa shape index (κ2) is 3.51. The molecule has 5 nitrogen and oxygen atoms in total. The molecule has 0 bridgehead atoms. The Labute approximate surface area is 95.8 Å². The maximum Gasteiger partial charge on any atom is 0.338 e. The van der Waals surface area contributed by atoms with Crippen LogP contribution in [-0.4, -0.2) is 26.1 Å². The van der Waals surface area contributed by atoms with Crippen molar-refractivity contribution in [3.8, 4) is 0 Å². The third-order valence-electron chi connectivity index (χ3n) is 3.23. The zero-order chi connectivity index (χ0) is 12.0. The number of hydrogen-bond donors (Lipinski definition) is 1. The molecule has 1 saturated carbocycles. The van der Waals surface area contributed by atoms with Gasteiger partial charge < -0.3 is 5.11 Å². The second-order valence-electron chi connectivity index (χ2n) is 4.22. The maximum atomic E-state index is 13.8. The number of carboxylic acid groups (broad SMARTS) is 1. The SMILES string of the molecule is O=C(O)c1ccc2c(nnn2C2CCC2)c1F. The molecule has 1 aliphatic rings. The van der Waals surface area contributed by atoms with Gasteiger partial charge in [0.05, 0.1) is 17.1 Å². The first-order valence-corrected chi connectivity index (χ1v) is 5.45. The molecule has 1 fully saturated rings. The monoisotopic (exact) mass is 235 g/mol. The normalized spacial score (nSPS) is 16.1. The number of benzene rings is 1. The molecule has 0 saturated heterocycles. The van der Waals surface area contributed by atoms with Gasteiger partial charge in [0.25, 0.3) is 0 Å². The third kappa shape index (κ3) is 1.40. The highest BCUT2D eigenvalue weighted by Gasteiger charge is 2.24. The van der Waals surface area contributed by atoms with Crippen LogP contribution in [0.5, 0.6) is 0 Å². The lowest BCUT2D eigenvalue weighted by molar-refractivity contribution is 0.0692. The highest BCUT2D eigenvalue weighted by atomic mass is 19.1. The third-order valence-corrected chi connectivity index (χ3v) is 3.23. The van der Waals surface area contributed by atoms with Gasteiger partial charge in [-0.2, -0.15) is 0 Å². The minimum Gasteiger partial charge on any atom is -0.478 e. The summed E-state index contributed by atoms with van der Waals surface area (Å²) in [5.41, 5.74) is 0.243. The van der Waals surface area contributed by atoms with E-state index in [1.807, 2.05) is 0 Å². The van der Waals surface area contributed by atoms with E-state index in [9.17, 15) is 9.18 Å². The molecular formula is C11H10FN3O2. The lowest BCUT2D eigenvalue weighted by atomic mass is 9.93. The van der Waals surface area contributed by atoms with E-state index >= 15 is 0 Å². The highest BCUT2D eigenvalue weighted by molar-refractivity contribution is 5.92. The van der Waals surface area contributed by atoms with Gasteiger partial charge in [0.2, 0.25) is 0 Å². The summed E-state index contributed by atoms with van der Waals surface area (Å²) in [4.78, 5) is 10.8. The summed E-state index contributed by atoms with van der Waals surface area (Å²) in [7, 11) is 0. The summed E-state index contributed by atoms with van der Waals surface area (Å²) in [5.74, 6) is -2.09. The topological polar surface area (TPSA) is 68.0 Å². The van der Waals surface area contributed by atoms with E-state index in [1.165, 1.54) is 6.07 Å². The van der Waals surface area contributed by atoms with E-state index in [-0.39, 0.29) is 17.1 Å². The molecule has 0 unspecified atom stereocenters. The van der Waals surface area contributed by atoms with Crippen LogP contribution < -0.4 is 0 Å². The Kier molecular flexibility index (Phi) is 2.10. The van der Waals surface area contributed by atoms with Gasteiger partial charge in [0.1, 0.15) is 5.52 Å². The number of rotatable bonds is 2. The van der Waals surface area contributed by atoms with Crippen molar-refractivity contribution < 1.29 is 14.3 Å². The molecule has 2 aromatic rings. The van der Waals surface area contributed by atoms with Crippen LogP contribution in [0.3, 0.4) is 0 Å². The van der Waals surface area contributed by atoms with Crippen molar-refractivity contribution >= 4 is 17.0 Å². The minimum atomic E-state index is -1.29. The van der Waals surface area contributed by atoms with E-state index in [1.54, 1.807) is 10.7 Å². The highest BCUT2D eigenvalue weighted by Crippen LogP contribution is 2.33. The zero-order valence-electron chi connectivity index (χ0n) is 8.93. The van der Waals surface area contributed by atoms with E-state index in [2.05, 4.69) is 10.3 Å². The fraction of sp³-hybridized carbons (Fsp3) is 0.364. The Bertz CT molecular complexity index is 604. The number of carbonyl (C=O) groups is 1. The van der Waals surface area contributed by atoms with Gasteiger partial charge in [-0.3, -0.25) is 0 Å². The summed E-state index contributed by atoms with van der Waals surface area (Å²) < 4.78 is 15.5. The Morgan fingerprint density at radius 1 is 1.47 bits per heavy atom. The molecule has 0 radical (unpaired) electrons. The average Bonchev–Trinajstić information content (AvgIpc) is 2.60. The summed E-state index contributed by atoms with van der Waals surface area (Å²) in [6.45, 7) is 0. The maximum absolute atomic E-state index is 13.8. The number of hydrogen-bond acceptors (Lipinski definition) is 3. The Balaban J connectivity index is 2.18. The number of nitrogens with zero attached hydrogens (tertiary/aromatic N) is 3. The molecular weight excluding hydrogens is 225 g/mol. The van der Waals surface area contributed by atoms with Gasteiger partial charge in [-0.05, 0) is 31.4 Å². The molecule has 17 heavy (non-hydrogen) atoms. The minimum absolute atomic E-state index is 0.0387. The largest absolute Gasteiger partial charge is 0.478 e. The van der Waals surface area contributed by atoms with Gasteiger partial charge in [0, 0.05) is 0 Å². The molecule has 0 aliphatic heterocycles. The first kappa shape index (κ1) is 10.2. The molecule has 1 aromatic heterocycles. The molecule has 6 heteroatoms. The van der Waals surface area contributed by atoms with Crippen LogP contribution in [0.25, 0.3) is 11.0 Å². The molecule has 1 aliphatic carbocycles. The molecule has 0 spiro atoms. The smallest absolute Gasteiger partial charge is 0.338 e. The van der Waals surface area contributed by atoms with Crippen LogP contribution in [0, 0.1) is 5.82 Å². The van der Waals surface area contributed by atoms with Gasteiger partial charge in [-0.25, -0.2) is 13.9 Å². The molecule has 1 heterocycles. The Morgan fingerprint density at radius 2 is 2.24 bits per heavy atom. The molecule has 0 amide bonds.